The number of nitrogens with zero attached hydrogens (tertiary/aromatic N) is 1. The van der Waals surface area contributed by atoms with Crippen molar-refractivity contribution < 1.29 is 13.6 Å². The van der Waals surface area contributed by atoms with Gasteiger partial charge in [0.1, 0.15) is 0 Å². The lowest BCUT2D eigenvalue weighted by molar-refractivity contribution is 0.0563. The molecule has 5 heteroatoms. The third-order valence-electron chi connectivity index (χ3n) is 2.80. The average Bonchev–Trinajstić information content (AvgIpc) is 2.31. The molecule has 0 atom stereocenters. The Morgan fingerprint density at radius 1 is 1.33 bits per heavy atom. The zero-order valence-corrected chi connectivity index (χ0v) is 10.6. The highest BCUT2D eigenvalue weighted by Crippen LogP contribution is 2.12. The summed E-state index contributed by atoms with van der Waals surface area (Å²) >= 11 is 0. The molecule has 1 amide bonds. The monoisotopic (exact) mass is 256 g/mol. The molecule has 0 saturated carbocycles. The second-order valence-electron chi connectivity index (χ2n) is 4.23. The molecule has 0 saturated heterocycles. The molecule has 0 bridgehead atoms. The fourth-order valence-corrected chi connectivity index (χ4v) is 1.66. The molecule has 0 unspecified atom stereocenters. The molecular formula is C13H18F2N2O. The second kappa shape index (κ2) is 6.44. The van der Waals surface area contributed by atoms with Crippen molar-refractivity contribution in [1.29, 1.82) is 0 Å². The molecule has 0 aliphatic carbocycles. The fourth-order valence-electron chi connectivity index (χ4n) is 1.66. The van der Waals surface area contributed by atoms with Crippen LogP contribution in [-0.2, 0) is 0 Å². The van der Waals surface area contributed by atoms with Gasteiger partial charge in [-0.3, -0.25) is 4.79 Å². The molecule has 0 spiro atoms. The van der Waals surface area contributed by atoms with E-state index in [4.69, 9.17) is 5.73 Å². The standard InChI is InChI=1S/C13H18F2N2O/c1-9-3-4-11(7-10(9)2)13(18)17(6-5-16)8-12(14)15/h3-4,7,12H,5-6,8,16H2,1-2H3. The average molecular weight is 256 g/mol. The van der Waals surface area contributed by atoms with Gasteiger partial charge in [-0.2, -0.15) is 0 Å². The van der Waals surface area contributed by atoms with Gasteiger partial charge >= 0.3 is 0 Å². The van der Waals surface area contributed by atoms with E-state index in [0.29, 0.717) is 5.56 Å². The Hall–Kier alpha value is -1.49. The van der Waals surface area contributed by atoms with Gasteiger partial charge in [0.05, 0.1) is 6.54 Å². The van der Waals surface area contributed by atoms with Crippen LogP contribution in [0.25, 0.3) is 0 Å². The van der Waals surface area contributed by atoms with E-state index in [9.17, 15) is 13.6 Å². The first-order chi connectivity index (χ1) is 8.45. The fraction of sp³-hybridized carbons (Fsp3) is 0.462. The second-order valence-corrected chi connectivity index (χ2v) is 4.23. The summed E-state index contributed by atoms with van der Waals surface area (Å²) in [4.78, 5) is 13.2. The number of carbonyl (C=O) groups is 1. The van der Waals surface area contributed by atoms with E-state index in [1.807, 2.05) is 19.9 Å². The number of rotatable bonds is 5. The highest BCUT2D eigenvalue weighted by molar-refractivity contribution is 5.94. The molecule has 1 aromatic rings. The summed E-state index contributed by atoms with van der Waals surface area (Å²) in [6, 6.07) is 5.18. The number of amides is 1. The summed E-state index contributed by atoms with van der Waals surface area (Å²) in [6.07, 6.45) is -2.55. The van der Waals surface area contributed by atoms with Crippen LogP contribution in [0.1, 0.15) is 21.5 Å². The molecule has 0 aliphatic rings. The first-order valence-corrected chi connectivity index (χ1v) is 5.80. The molecular weight excluding hydrogens is 238 g/mol. The summed E-state index contributed by atoms with van der Waals surface area (Å²) in [5.41, 5.74) is 7.78. The number of alkyl halides is 2. The van der Waals surface area contributed by atoms with Gasteiger partial charge in [0.2, 0.25) is 0 Å². The predicted octanol–water partition coefficient (Wildman–Crippen LogP) is 1.97. The van der Waals surface area contributed by atoms with E-state index < -0.39 is 18.9 Å². The number of hydrogen-bond donors (Lipinski definition) is 1. The SMILES string of the molecule is Cc1ccc(C(=O)N(CCN)CC(F)F)cc1C. The summed E-state index contributed by atoms with van der Waals surface area (Å²) < 4.78 is 24.8. The normalized spacial score (nSPS) is 10.8. The summed E-state index contributed by atoms with van der Waals surface area (Å²) in [5.74, 6) is -0.399. The lowest BCUT2D eigenvalue weighted by Crippen LogP contribution is -2.38. The number of hydrogen-bond acceptors (Lipinski definition) is 2. The predicted molar refractivity (Wildman–Crippen MR) is 66.9 cm³/mol. The van der Waals surface area contributed by atoms with Gasteiger partial charge < -0.3 is 10.6 Å². The van der Waals surface area contributed by atoms with Crippen molar-refractivity contribution in [3.8, 4) is 0 Å². The molecule has 0 aliphatic heterocycles. The zero-order chi connectivity index (χ0) is 13.7. The Labute approximate surface area is 106 Å². The summed E-state index contributed by atoms with van der Waals surface area (Å²) in [7, 11) is 0. The van der Waals surface area contributed by atoms with Gasteiger partial charge in [0.15, 0.2) is 0 Å². The number of carbonyl (C=O) groups excluding carboxylic acids is 1. The van der Waals surface area contributed by atoms with Gasteiger partial charge in [-0.25, -0.2) is 8.78 Å². The minimum Gasteiger partial charge on any atom is -0.332 e. The Kier molecular flexibility index (Phi) is 5.22. The maximum atomic E-state index is 12.4. The third kappa shape index (κ3) is 3.77. The maximum Gasteiger partial charge on any atom is 0.255 e. The smallest absolute Gasteiger partial charge is 0.255 e. The van der Waals surface area contributed by atoms with Crippen molar-refractivity contribution >= 4 is 5.91 Å². The van der Waals surface area contributed by atoms with Crippen molar-refractivity contribution in [2.24, 2.45) is 5.73 Å². The Balaban J connectivity index is 2.90. The van der Waals surface area contributed by atoms with Crippen molar-refractivity contribution in [3.05, 3.63) is 34.9 Å². The van der Waals surface area contributed by atoms with Crippen LogP contribution in [0, 0.1) is 13.8 Å². The van der Waals surface area contributed by atoms with Crippen LogP contribution in [0.5, 0.6) is 0 Å². The van der Waals surface area contributed by atoms with Crippen LogP contribution < -0.4 is 5.73 Å². The van der Waals surface area contributed by atoms with Crippen LogP contribution in [-0.4, -0.2) is 36.9 Å². The minimum absolute atomic E-state index is 0.135. The number of benzene rings is 1. The lowest BCUT2D eigenvalue weighted by Gasteiger charge is -2.21. The number of aryl methyl sites for hydroxylation is 2. The van der Waals surface area contributed by atoms with E-state index >= 15 is 0 Å². The van der Waals surface area contributed by atoms with E-state index in [0.717, 1.165) is 16.0 Å². The third-order valence-corrected chi connectivity index (χ3v) is 2.80. The van der Waals surface area contributed by atoms with Crippen molar-refractivity contribution in [1.82, 2.24) is 4.90 Å². The quantitative estimate of drug-likeness (QED) is 0.875. The lowest BCUT2D eigenvalue weighted by atomic mass is 10.1. The van der Waals surface area contributed by atoms with Crippen molar-refractivity contribution in [2.45, 2.75) is 20.3 Å². The molecule has 0 aromatic heterocycles. The topological polar surface area (TPSA) is 46.3 Å². The van der Waals surface area contributed by atoms with Gasteiger partial charge in [-0.15, -0.1) is 0 Å². The summed E-state index contributed by atoms with van der Waals surface area (Å²) in [6.45, 7) is 3.54. The van der Waals surface area contributed by atoms with Gasteiger partial charge in [0, 0.05) is 18.7 Å². The molecule has 2 N–H and O–H groups in total. The van der Waals surface area contributed by atoms with Gasteiger partial charge in [-0.1, -0.05) is 6.07 Å². The van der Waals surface area contributed by atoms with E-state index in [1.54, 1.807) is 12.1 Å². The molecule has 0 radical (unpaired) electrons. The Morgan fingerprint density at radius 3 is 2.50 bits per heavy atom. The first kappa shape index (κ1) is 14.6. The Bertz CT molecular complexity index is 421. The van der Waals surface area contributed by atoms with E-state index in [1.165, 1.54) is 0 Å². The molecule has 1 aromatic carbocycles. The van der Waals surface area contributed by atoms with Crippen LogP contribution in [0.3, 0.4) is 0 Å². The molecule has 0 fully saturated rings. The van der Waals surface area contributed by atoms with Gasteiger partial charge in [0.25, 0.3) is 12.3 Å². The van der Waals surface area contributed by atoms with Crippen LogP contribution in [0.4, 0.5) is 8.78 Å². The van der Waals surface area contributed by atoms with Gasteiger partial charge in [-0.05, 0) is 37.1 Å². The first-order valence-electron chi connectivity index (χ1n) is 5.80. The maximum absolute atomic E-state index is 12.4. The van der Waals surface area contributed by atoms with E-state index in [-0.39, 0.29) is 13.1 Å². The molecule has 0 heterocycles. The van der Waals surface area contributed by atoms with Crippen LogP contribution in [0.2, 0.25) is 0 Å². The van der Waals surface area contributed by atoms with Crippen molar-refractivity contribution in [2.75, 3.05) is 19.6 Å². The zero-order valence-electron chi connectivity index (χ0n) is 10.6. The van der Waals surface area contributed by atoms with E-state index in [2.05, 4.69) is 0 Å². The largest absolute Gasteiger partial charge is 0.332 e. The molecule has 18 heavy (non-hydrogen) atoms. The van der Waals surface area contributed by atoms with Crippen LogP contribution in [0.15, 0.2) is 18.2 Å². The highest BCUT2D eigenvalue weighted by atomic mass is 19.3. The number of nitrogens with two attached hydrogens (primary N) is 1. The Morgan fingerprint density at radius 2 is 2.00 bits per heavy atom. The number of halogens is 2. The molecule has 1 rings (SSSR count). The molecule has 3 nitrogen and oxygen atoms in total. The highest BCUT2D eigenvalue weighted by Gasteiger charge is 2.19. The minimum atomic E-state index is -2.55. The van der Waals surface area contributed by atoms with Crippen molar-refractivity contribution in [3.63, 3.8) is 0 Å². The molecule has 100 valence electrons. The summed E-state index contributed by atoms with van der Waals surface area (Å²) in [5, 5.41) is 0. The van der Waals surface area contributed by atoms with Crippen LogP contribution >= 0.6 is 0 Å².